The number of rotatable bonds is 4. The van der Waals surface area contributed by atoms with Crippen molar-refractivity contribution in [1.82, 2.24) is 20.4 Å². The van der Waals surface area contributed by atoms with Gasteiger partial charge in [0.1, 0.15) is 0 Å². The minimum Gasteiger partial charge on any atom is -0.339 e. The lowest BCUT2D eigenvalue weighted by atomic mass is 9.79. The first-order valence-electron chi connectivity index (χ1n) is 8.10. The molecule has 0 amide bonds. The lowest BCUT2D eigenvalue weighted by Crippen LogP contribution is -2.61. The third kappa shape index (κ3) is 3.76. The Balaban J connectivity index is 0.00000161. The monoisotopic (exact) mass is 314 g/mol. The number of nitrogens with zero attached hydrogens (tertiary/aromatic N) is 3. The fraction of sp³-hybridized carbons (Fsp3) is 0.867. The van der Waals surface area contributed by atoms with E-state index in [4.69, 9.17) is 4.52 Å². The Morgan fingerprint density at radius 2 is 2.10 bits per heavy atom. The predicted octanol–water partition coefficient (Wildman–Crippen LogP) is 2.55. The van der Waals surface area contributed by atoms with Crippen LogP contribution < -0.4 is 5.32 Å². The van der Waals surface area contributed by atoms with Gasteiger partial charge in [0.05, 0.1) is 6.54 Å². The molecule has 2 heterocycles. The van der Waals surface area contributed by atoms with Gasteiger partial charge in [-0.1, -0.05) is 31.3 Å². The molecule has 2 fully saturated rings. The Labute approximate surface area is 133 Å². The predicted molar refractivity (Wildman–Crippen MR) is 84.6 cm³/mol. The summed E-state index contributed by atoms with van der Waals surface area (Å²) in [5.74, 6) is 1.65. The van der Waals surface area contributed by atoms with E-state index in [1.807, 2.05) is 0 Å². The molecule has 1 saturated heterocycles. The summed E-state index contributed by atoms with van der Waals surface area (Å²) in [6.45, 7) is 6.26. The van der Waals surface area contributed by atoms with E-state index in [1.165, 1.54) is 32.1 Å². The van der Waals surface area contributed by atoms with E-state index in [-0.39, 0.29) is 12.4 Å². The fourth-order valence-corrected chi connectivity index (χ4v) is 3.67. The van der Waals surface area contributed by atoms with Gasteiger partial charge in [0, 0.05) is 31.6 Å². The molecule has 1 N–H and O–H groups in total. The molecule has 1 aromatic rings. The highest BCUT2D eigenvalue weighted by atomic mass is 35.5. The molecule has 0 atom stereocenters. The van der Waals surface area contributed by atoms with Crippen LogP contribution in [0, 0.1) is 0 Å². The Bertz CT molecular complexity index is 423. The molecule has 3 rings (SSSR count). The third-order valence-corrected chi connectivity index (χ3v) is 4.77. The van der Waals surface area contributed by atoms with Gasteiger partial charge in [0.15, 0.2) is 5.82 Å². The number of aromatic nitrogens is 2. The number of hydrogen-bond acceptors (Lipinski definition) is 5. The molecule has 21 heavy (non-hydrogen) atoms. The van der Waals surface area contributed by atoms with Crippen LogP contribution in [0.15, 0.2) is 4.52 Å². The van der Waals surface area contributed by atoms with E-state index < -0.39 is 0 Å². The van der Waals surface area contributed by atoms with Gasteiger partial charge in [-0.3, -0.25) is 4.90 Å². The lowest BCUT2D eigenvalue weighted by Gasteiger charge is -2.49. The molecule has 120 valence electrons. The molecule has 0 aromatic carbocycles. The van der Waals surface area contributed by atoms with Gasteiger partial charge in [-0.05, 0) is 19.3 Å². The maximum Gasteiger partial charge on any atom is 0.226 e. The molecule has 1 aliphatic heterocycles. The number of nitrogens with one attached hydrogen (secondary N) is 1. The Hall–Kier alpha value is -0.650. The van der Waals surface area contributed by atoms with Gasteiger partial charge in [-0.25, -0.2) is 0 Å². The van der Waals surface area contributed by atoms with Gasteiger partial charge in [-0.2, -0.15) is 4.98 Å². The van der Waals surface area contributed by atoms with Crippen molar-refractivity contribution < 1.29 is 4.52 Å². The molecule has 1 saturated carbocycles. The Morgan fingerprint density at radius 1 is 1.29 bits per heavy atom. The van der Waals surface area contributed by atoms with Gasteiger partial charge >= 0.3 is 0 Å². The second-order valence-electron chi connectivity index (χ2n) is 6.24. The zero-order valence-electron chi connectivity index (χ0n) is 12.9. The highest BCUT2D eigenvalue weighted by Gasteiger charge is 2.40. The van der Waals surface area contributed by atoms with E-state index in [0.717, 1.165) is 50.7 Å². The van der Waals surface area contributed by atoms with Crippen LogP contribution in [0.2, 0.25) is 0 Å². The summed E-state index contributed by atoms with van der Waals surface area (Å²) < 4.78 is 5.32. The fourth-order valence-electron chi connectivity index (χ4n) is 3.67. The largest absolute Gasteiger partial charge is 0.339 e. The zero-order chi connectivity index (χ0) is 13.8. The van der Waals surface area contributed by atoms with Crippen LogP contribution in [0.1, 0.15) is 57.2 Å². The number of hydrogen-bond donors (Lipinski definition) is 1. The van der Waals surface area contributed by atoms with Crippen molar-refractivity contribution in [3.63, 3.8) is 0 Å². The molecule has 1 spiro atoms. The quantitative estimate of drug-likeness (QED) is 0.925. The van der Waals surface area contributed by atoms with Crippen molar-refractivity contribution in [1.29, 1.82) is 0 Å². The van der Waals surface area contributed by atoms with Gasteiger partial charge < -0.3 is 9.84 Å². The molecule has 2 aliphatic rings. The van der Waals surface area contributed by atoms with Crippen LogP contribution in [0.3, 0.4) is 0 Å². The molecule has 0 radical (unpaired) electrons. The van der Waals surface area contributed by atoms with Crippen molar-refractivity contribution >= 4 is 12.4 Å². The summed E-state index contributed by atoms with van der Waals surface area (Å²) >= 11 is 0. The van der Waals surface area contributed by atoms with Crippen LogP contribution in [0.5, 0.6) is 0 Å². The molecule has 6 heteroatoms. The molecule has 5 nitrogen and oxygen atoms in total. The van der Waals surface area contributed by atoms with Crippen LogP contribution in [-0.2, 0) is 13.0 Å². The second kappa shape index (κ2) is 7.56. The van der Waals surface area contributed by atoms with Crippen LogP contribution >= 0.6 is 12.4 Å². The zero-order valence-corrected chi connectivity index (χ0v) is 13.8. The summed E-state index contributed by atoms with van der Waals surface area (Å²) in [7, 11) is 0. The maximum atomic E-state index is 5.32. The topological polar surface area (TPSA) is 54.2 Å². The molecule has 1 aliphatic carbocycles. The maximum absolute atomic E-state index is 5.32. The molecular weight excluding hydrogens is 288 g/mol. The minimum absolute atomic E-state index is 0. The smallest absolute Gasteiger partial charge is 0.226 e. The van der Waals surface area contributed by atoms with E-state index in [1.54, 1.807) is 0 Å². The van der Waals surface area contributed by atoms with Crippen LogP contribution in [0.25, 0.3) is 0 Å². The SMILES string of the molecule is CCCc1nc(CN2CCNCC23CCCCC3)no1.Cl. The normalized spacial score (nSPS) is 22.1. The van der Waals surface area contributed by atoms with Crippen molar-refractivity contribution in [3.8, 4) is 0 Å². The number of piperazine rings is 1. The lowest BCUT2D eigenvalue weighted by molar-refractivity contribution is 0.0184. The first kappa shape index (κ1) is 16.7. The standard InChI is InChI=1S/C15H26N4O.ClH/c1-2-6-14-17-13(18-20-14)11-19-10-9-16-12-15(19)7-4-3-5-8-15;/h16H,2-12H2,1H3;1H. The highest BCUT2D eigenvalue weighted by Crippen LogP contribution is 2.35. The average Bonchev–Trinajstić information content (AvgIpc) is 2.91. The van der Waals surface area contributed by atoms with E-state index in [9.17, 15) is 0 Å². The summed E-state index contributed by atoms with van der Waals surface area (Å²) in [5, 5.41) is 7.74. The number of aryl methyl sites for hydroxylation is 1. The molecule has 0 bridgehead atoms. The Morgan fingerprint density at radius 3 is 2.86 bits per heavy atom. The average molecular weight is 315 g/mol. The third-order valence-electron chi connectivity index (χ3n) is 4.77. The molecule has 0 unspecified atom stereocenters. The van der Waals surface area contributed by atoms with E-state index in [0.29, 0.717) is 5.54 Å². The second-order valence-corrected chi connectivity index (χ2v) is 6.24. The summed E-state index contributed by atoms with van der Waals surface area (Å²) in [6, 6.07) is 0. The summed E-state index contributed by atoms with van der Waals surface area (Å²) in [6.07, 6.45) is 8.65. The summed E-state index contributed by atoms with van der Waals surface area (Å²) in [5.41, 5.74) is 0.335. The molecular formula is C15H27ClN4O. The van der Waals surface area contributed by atoms with E-state index in [2.05, 4.69) is 27.3 Å². The number of halogens is 1. The minimum atomic E-state index is 0. The van der Waals surface area contributed by atoms with Crippen molar-refractivity contribution in [2.45, 2.75) is 64.0 Å². The highest BCUT2D eigenvalue weighted by molar-refractivity contribution is 5.85. The van der Waals surface area contributed by atoms with Crippen molar-refractivity contribution in [2.75, 3.05) is 19.6 Å². The van der Waals surface area contributed by atoms with Gasteiger partial charge in [0.2, 0.25) is 5.89 Å². The molecule has 1 aromatic heterocycles. The van der Waals surface area contributed by atoms with Crippen LogP contribution in [-0.4, -0.2) is 40.2 Å². The van der Waals surface area contributed by atoms with E-state index >= 15 is 0 Å². The van der Waals surface area contributed by atoms with Crippen molar-refractivity contribution in [2.24, 2.45) is 0 Å². The Kier molecular flexibility index (Phi) is 6.02. The van der Waals surface area contributed by atoms with Crippen molar-refractivity contribution in [3.05, 3.63) is 11.7 Å². The summed E-state index contributed by atoms with van der Waals surface area (Å²) in [4.78, 5) is 7.13. The van der Waals surface area contributed by atoms with Gasteiger partial charge in [0.25, 0.3) is 0 Å². The first-order chi connectivity index (χ1) is 9.82. The van der Waals surface area contributed by atoms with Crippen LogP contribution in [0.4, 0.5) is 0 Å². The van der Waals surface area contributed by atoms with Gasteiger partial charge in [-0.15, -0.1) is 12.4 Å². The first-order valence-corrected chi connectivity index (χ1v) is 8.10.